The van der Waals surface area contributed by atoms with Gasteiger partial charge in [0.1, 0.15) is 28.7 Å². The molecule has 0 fully saturated rings. The summed E-state index contributed by atoms with van der Waals surface area (Å²) >= 11 is 0. The number of para-hydroxylation sites is 4. The molecule has 0 bridgehead atoms. The van der Waals surface area contributed by atoms with Crippen molar-refractivity contribution in [3.8, 4) is 28.7 Å². The molecule has 0 heterocycles. The van der Waals surface area contributed by atoms with Gasteiger partial charge in [-0.2, -0.15) is 0 Å². The van der Waals surface area contributed by atoms with Crippen LogP contribution in [0.1, 0.15) is 36.8 Å². The van der Waals surface area contributed by atoms with Crippen molar-refractivity contribution in [3.63, 3.8) is 0 Å². The lowest BCUT2D eigenvalue weighted by molar-refractivity contribution is -0.310. The highest BCUT2D eigenvalue weighted by Gasteiger charge is 2.18. The highest BCUT2D eigenvalue weighted by Crippen LogP contribution is 2.42. The number of hydrogen-bond acceptors (Lipinski definition) is 11. The van der Waals surface area contributed by atoms with Gasteiger partial charge in [0.25, 0.3) is 0 Å². The van der Waals surface area contributed by atoms with Gasteiger partial charge in [0, 0.05) is 26.4 Å². The molecular weight excluding hydrogens is 773 g/mol. The number of ether oxygens (including phenoxy) is 2. The molecule has 5 rings (SSSR count). The lowest BCUT2D eigenvalue weighted by Crippen LogP contribution is -2.14. The number of benzene rings is 5. The van der Waals surface area contributed by atoms with Crippen LogP contribution in [-0.4, -0.2) is 39.6 Å². The zero-order chi connectivity index (χ0) is 38.9. The zero-order valence-electron chi connectivity index (χ0n) is 31.1. The van der Waals surface area contributed by atoms with Crippen molar-refractivity contribution in [2.75, 3.05) is 39.6 Å². The average Bonchev–Trinajstić information content (AvgIpc) is 3.21. The fourth-order valence-corrected chi connectivity index (χ4v) is 7.58. The third-order valence-corrected chi connectivity index (χ3v) is 10.4. The van der Waals surface area contributed by atoms with Crippen molar-refractivity contribution in [3.05, 3.63) is 151 Å². The quantitative estimate of drug-likeness (QED) is 0.0354. The van der Waals surface area contributed by atoms with E-state index in [0.29, 0.717) is 100 Å². The Bertz CT molecular complexity index is 1660. The maximum atomic E-state index is 11.5. The minimum absolute atomic E-state index is 0.349. The van der Waals surface area contributed by atoms with Gasteiger partial charge in [0.05, 0.1) is 13.2 Å². The molecule has 0 saturated heterocycles. The minimum atomic E-state index is -3.05. The first kappa shape index (κ1) is 43.3. The molecule has 298 valence electrons. The Kier molecular flexibility index (Phi) is 20.2. The summed E-state index contributed by atoms with van der Waals surface area (Å²) in [5.74, 6) is 3.03. The molecule has 0 amide bonds. The van der Waals surface area contributed by atoms with Gasteiger partial charge in [0.15, 0.2) is 0 Å². The molecule has 0 radical (unpaired) electrons. The van der Waals surface area contributed by atoms with E-state index in [2.05, 4.69) is 0 Å². The summed E-state index contributed by atoms with van der Waals surface area (Å²) in [6.45, 7) is 2.83. The van der Waals surface area contributed by atoms with Gasteiger partial charge in [-0.25, -0.2) is 0 Å². The Hall–Kier alpha value is -3.85. The molecular formula is C42H47O11P3-2. The molecule has 0 N–H and O–H groups in total. The molecule has 5 aromatic rings. The zero-order valence-corrected chi connectivity index (χ0v) is 33.8. The molecule has 14 heteroatoms. The summed E-state index contributed by atoms with van der Waals surface area (Å²) in [4.78, 5) is 23.0. The van der Waals surface area contributed by atoms with E-state index in [9.17, 15) is 9.79 Å². The van der Waals surface area contributed by atoms with Crippen molar-refractivity contribution in [1.29, 1.82) is 0 Å². The molecule has 0 aliphatic heterocycles. The van der Waals surface area contributed by atoms with Crippen LogP contribution in [0, 0.1) is 0 Å². The second kappa shape index (κ2) is 26.1. The molecule has 0 aliphatic rings. The lowest BCUT2D eigenvalue weighted by Gasteiger charge is -2.31. The third-order valence-electron chi connectivity index (χ3n) is 7.81. The van der Waals surface area contributed by atoms with E-state index in [1.54, 1.807) is 6.07 Å². The third kappa shape index (κ3) is 17.1. The maximum absolute atomic E-state index is 11.5. The molecule has 11 nitrogen and oxygen atoms in total. The molecule has 56 heavy (non-hydrogen) atoms. The van der Waals surface area contributed by atoms with Gasteiger partial charge in [-0.3, -0.25) is 9.05 Å². The van der Waals surface area contributed by atoms with Gasteiger partial charge < -0.3 is 41.9 Å². The molecule has 0 atom stereocenters. The van der Waals surface area contributed by atoms with Crippen LogP contribution in [0.2, 0.25) is 0 Å². The first-order valence-electron chi connectivity index (χ1n) is 18.5. The standard InChI is InChI=1S/C42H47O11P3/c43-54(44)53-42-29-13-18-36(19-14-30-45-32-16-34-47-55(49-37-20-5-1-6-21-37)50-38-22-7-2-8-23-38)41(42)28-15-31-46-33-17-35-48-56(51-39-24-9-3-10-25-39)52-40-26-11-4-12-27-40/h1-13,18,20-27,29H,14-17,19,28,30-35H2/q-2. The van der Waals surface area contributed by atoms with Crippen molar-refractivity contribution in [2.45, 2.75) is 38.5 Å². The van der Waals surface area contributed by atoms with E-state index in [-0.39, 0.29) is 0 Å². The highest BCUT2D eigenvalue weighted by molar-refractivity contribution is 7.42. The summed E-state index contributed by atoms with van der Waals surface area (Å²) in [5, 5.41) is 0. The minimum Gasteiger partial charge on any atom is -0.810 e. The van der Waals surface area contributed by atoms with Gasteiger partial charge in [-0.05, 0) is 104 Å². The second-order valence-electron chi connectivity index (χ2n) is 12.1. The second-order valence-corrected chi connectivity index (χ2v) is 14.8. The normalized spacial score (nSPS) is 11.2. The van der Waals surface area contributed by atoms with Crippen molar-refractivity contribution >= 4 is 25.8 Å². The molecule has 0 aromatic heterocycles. The van der Waals surface area contributed by atoms with Gasteiger partial charge >= 0.3 is 17.2 Å². The Morgan fingerprint density at radius 2 is 0.768 bits per heavy atom. The van der Waals surface area contributed by atoms with E-state index in [1.165, 1.54) is 0 Å². The Morgan fingerprint density at radius 1 is 0.375 bits per heavy atom. The first-order valence-corrected chi connectivity index (χ1v) is 21.8. The SMILES string of the molecule is [O-]P([O-])Oc1cccc(CCCOCCCOP(Oc2ccccc2)Oc2ccccc2)c1CCCOCCCOP(Oc1ccccc1)Oc1ccccc1. The maximum Gasteiger partial charge on any atom is 0.463 e. The highest BCUT2D eigenvalue weighted by atomic mass is 31.2. The Labute approximate surface area is 333 Å². The lowest BCUT2D eigenvalue weighted by atomic mass is 9.98. The predicted octanol–water partition coefficient (Wildman–Crippen LogP) is 9.49. The topological polar surface area (TPSA) is 129 Å². The molecule has 0 aliphatic carbocycles. The van der Waals surface area contributed by atoms with E-state index in [1.807, 2.05) is 133 Å². The van der Waals surface area contributed by atoms with Crippen LogP contribution < -0.4 is 32.4 Å². The Morgan fingerprint density at radius 3 is 1.18 bits per heavy atom. The molecule has 0 saturated carbocycles. The Balaban J connectivity index is 0.987. The van der Waals surface area contributed by atoms with Crippen molar-refractivity contribution in [1.82, 2.24) is 0 Å². The van der Waals surface area contributed by atoms with Crippen molar-refractivity contribution in [2.24, 2.45) is 0 Å². The fourth-order valence-electron chi connectivity index (χ4n) is 5.23. The summed E-state index contributed by atoms with van der Waals surface area (Å²) < 4.78 is 52.8. The summed E-state index contributed by atoms with van der Waals surface area (Å²) in [5.41, 5.74) is 1.88. The van der Waals surface area contributed by atoms with Crippen LogP contribution in [0.3, 0.4) is 0 Å². The van der Waals surface area contributed by atoms with E-state index < -0.39 is 25.8 Å². The van der Waals surface area contributed by atoms with Crippen LogP contribution in [0.4, 0.5) is 0 Å². The fraction of sp³-hybridized carbons (Fsp3) is 0.286. The predicted molar refractivity (Wildman–Crippen MR) is 216 cm³/mol. The van der Waals surface area contributed by atoms with Crippen LogP contribution in [-0.2, 0) is 31.4 Å². The summed E-state index contributed by atoms with van der Waals surface area (Å²) in [7, 11) is -6.35. The van der Waals surface area contributed by atoms with E-state index >= 15 is 0 Å². The number of hydrogen-bond donors (Lipinski definition) is 0. The monoisotopic (exact) mass is 820 g/mol. The van der Waals surface area contributed by atoms with Gasteiger partial charge in [-0.1, -0.05) is 93.5 Å². The average molecular weight is 821 g/mol. The van der Waals surface area contributed by atoms with Crippen LogP contribution in [0.15, 0.2) is 140 Å². The molecule has 0 unspecified atom stereocenters. The van der Waals surface area contributed by atoms with E-state index in [4.69, 9.17) is 41.1 Å². The first-order chi connectivity index (χ1) is 27.6. The number of aryl methyl sites for hydroxylation is 1. The van der Waals surface area contributed by atoms with E-state index in [0.717, 1.165) is 17.5 Å². The van der Waals surface area contributed by atoms with Crippen LogP contribution >= 0.6 is 25.8 Å². The largest absolute Gasteiger partial charge is 0.810 e. The molecule has 5 aromatic carbocycles. The van der Waals surface area contributed by atoms with Gasteiger partial charge in [-0.15, -0.1) is 0 Å². The summed E-state index contributed by atoms with van der Waals surface area (Å²) in [6, 6.07) is 43.2. The van der Waals surface area contributed by atoms with Crippen molar-refractivity contribution < 1.29 is 50.9 Å². The summed E-state index contributed by atoms with van der Waals surface area (Å²) in [6.07, 6.45) is 4.05. The van der Waals surface area contributed by atoms with Crippen LogP contribution in [0.25, 0.3) is 0 Å². The van der Waals surface area contributed by atoms with Gasteiger partial charge in [0.2, 0.25) is 0 Å². The molecule has 0 spiro atoms. The number of rotatable bonds is 28. The van der Waals surface area contributed by atoms with Crippen LogP contribution in [0.5, 0.6) is 28.7 Å². The smallest absolute Gasteiger partial charge is 0.463 e.